The van der Waals surface area contributed by atoms with Crippen molar-refractivity contribution in [1.29, 1.82) is 0 Å². The van der Waals surface area contributed by atoms with Crippen LogP contribution in [-0.2, 0) is 19.4 Å². The normalized spacial score (nSPS) is 13.7. The highest BCUT2D eigenvalue weighted by Gasteiger charge is 2.12. The molecule has 0 spiro atoms. The molecule has 2 aromatic rings. The lowest BCUT2D eigenvalue weighted by atomic mass is 9.98. The van der Waals surface area contributed by atoms with E-state index in [9.17, 15) is 4.79 Å². The van der Waals surface area contributed by atoms with Crippen molar-refractivity contribution in [2.75, 3.05) is 13.1 Å². The highest BCUT2D eigenvalue weighted by molar-refractivity contribution is 5.94. The summed E-state index contributed by atoms with van der Waals surface area (Å²) < 4.78 is 0. The zero-order valence-corrected chi connectivity index (χ0v) is 12.0. The van der Waals surface area contributed by atoms with Crippen molar-refractivity contribution in [3.05, 3.63) is 53.1 Å². The molecular weight excluding hydrogens is 264 g/mol. The minimum Gasteiger partial charge on any atom is -0.352 e. The molecule has 3 N–H and O–H groups in total. The van der Waals surface area contributed by atoms with Crippen molar-refractivity contribution in [2.45, 2.75) is 25.8 Å². The van der Waals surface area contributed by atoms with Crippen molar-refractivity contribution in [3.63, 3.8) is 0 Å². The second-order valence-electron chi connectivity index (χ2n) is 5.31. The first-order valence-electron chi connectivity index (χ1n) is 7.42. The van der Waals surface area contributed by atoms with Crippen LogP contribution in [0.3, 0.4) is 0 Å². The number of nitrogens with one attached hydrogen (secondary N) is 3. The van der Waals surface area contributed by atoms with Gasteiger partial charge in [-0.3, -0.25) is 4.79 Å². The molecule has 0 saturated heterocycles. The molecule has 2 heterocycles. The predicted octanol–water partition coefficient (Wildman–Crippen LogP) is 1.42. The predicted molar refractivity (Wildman–Crippen MR) is 81.1 cm³/mol. The van der Waals surface area contributed by atoms with Crippen LogP contribution < -0.4 is 10.6 Å². The first kappa shape index (κ1) is 13.8. The number of hydrogen-bond donors (Lipinski definition) is 3. The van der Waals surface area contributed by atoms with Crippen molar-refractivity contribution >= 4 is 5.91 Å². The van der Waals surface area contributed by atoms with Crippen LogP contribution in [-0.4, -0.2) is 29.0 Å². The van der Waals surface area contributed by atoms with Gasteiger partial charge in [0.25, 0.3) is 5.91 Å². The molecule has 1 aliphatic rings. The Balaban J connectivity index is 1.51. The molecule has 0 aliphatic carbocycles. The van der Waals surface area contributed by atoms with E-state index in [0.717, 1.165) is 43.7 Å². The van der Waals surface area contributed by atoms with Gasteiger partial charge in [0, 0.05) is 37.5 Å². The molecule has 0 atom stereocenters. The number of rotatable bonds is 5. The molecule has 1 aliphatic heterocycles. The number of carbonyl (C=O) groups excluding carboxylic acids is 1. The number of carbonyl (C=O) groups is 1. The van der Waals surface area contributed by atoms with Gasteiger partial charge in [0.05, 0.1) is 0 Å². The first-order valence-corrected chi connectivity index (χ1v) is 7.42. The van der Waals surface area contributed by atoms with E-state index in [4.69, 9.17) is 0 Å². The molecule has 5 nitrogen and oxygen atoms in total. The zero-order chi connectivity index (χ0) is 14.5. The average molecular weight is 284 g/mol. The zero-order valence-electron chi connectivity index (χ0n) is 12.0. The van der Waals surface area contributed by atoms with E-state index in [1.807, 2.05) is 18.3 Å². The molecular formula is C16H20N4O. The van der Waals surface area contributed by atoms with Gasteiger partial charge in [0.1, 0.15) is 5.82 Å². The second-order valence-corrected chi connectivity index (χ2v) is 5.31. The lowest BCUT2D eigenvalue weighted by Gasteiger charge is -2.17. The van der Waals surface area contributed by atoms with Gasteiger partial charge in [0.2, 0.25) is 0 Å². The highest BCUT2D eigenvalue weighted by atomic mass is 16.1. The van der Waals surface area contributed by atoms with E-state index in [0.29, 0.717) is 6.54 Å². The Hall–Kier alpha value is -2.14. The third-order valence-electron chi connectivity index (χ3n) is 3.79. The molecule has 1 amide bonds. The van der Waals surface area contributed by atoms with E-state index in [-0.39, 0.29) is 5.91 Å². The summed E-state index contributed by atoms with van der Waals surface area (Å²) in [6.45, 7) is 2.54. The molecule has 3 rings (SSSR count). The van der Waals surface area contributed by atoms with Gasteiger partial charge in [-0.1, -0.05) is 6.07 Å². The molecule has 0 bridgehead atoms. The van der Waals surface area contributed by atoms with E-state index >= 15 is 0 Å². The highest BCUT2D eigenvalue weighted by Crippen LogP contribution is 2.15. The van der Waals surface area contributed by atoms with Gasteiger partial charge >= 0.3 is 0 Å². The van der Waals surface area contributed by atoms with Gasteiger partial charge < -0.3 is 15.6 Å². The number of hydrogen-bond acceptors (Lipinski definition) is 3. The summed E-state index contributed by atoms with van der Waals surface area (Å²) in [7, 11) is 0. The maximum atomic E-state index is 12.1. The molecule has 0 radical (unpaired) electrons. The maximum absolute atomic E-state index is 12.1. The molecule has 0 saturated carbocycles. The van der Waals surface area contributed by atoms with E-state index in [2.05, 4.69) is 26.7 Å². The summed E-state index contributed by atoms with van der Waals surface area (Å²) in [5.74, 6) is 0.965. The summed E-state index contributed by atoms with van der Waals surface area (Å²) in [5.41, 5.74) is 3.34. The molecule has 0 unspecified atom stereocenters. The standard InChI is InChI=1S/C16H20N4O/c21-16(20-6-1-2-15-18-8-9-19-15)13-4-3-12-5-7-17-11-14(12)10-13/h3-4,8-10,17H,1-2,5-7,11H2,(H,18,19)(H,20,21). The monoisotopic (exact) mass is 284 g/mol. The SMILES string of the molecule is O=C(NCCCc1ncc[nH]1)c1ccc2c(c1)CNCC2. The van der Waals surface area contributed by atoms with E-state index in [1.54, 1.807) is 6.20 Å². The largest absolute Gasteiger partial charge is 0.352 e. The van der Waals surface area contributed by atoms with Crippen LogP contribution in [0.4, 0.5) is 0 Å². The van der Waals surface area contributed by atoms with Crippen molar-refractivity contribution < 1.29 is 4.79 Å². The van der Waals surface area contributed by atoms with Crippen molar-refractivity contribution in [3.8, 4) is 0 Å². The number of benzene rings is 1. The molecule has 21 heavy (non-hydrogen) atoms. The van der Waals surface area contributed by atoms with Gasteiger partial charge in [-0.2, -0.15) is 0 Å². The number of nitrogens with zero attached hydrogens (tertiary/aromatic N) is 1. The third-order valence-corrected chi connectivity index (χ3v) is 3.79. The summed E-state index contributed by atoms with van der Waals surface area (Å²) in [5, 5.41) is 6.30. The Kier molecular flexibility index (Phi) is 4.31. The Morgan fingerprint density at radius 2 is 2.29 bits per heavy atom. The summed E-state index contributed by atoms with van der Waals surface area (Å²) in [4.78, 5) is 19.4. The molecule has 5 heteroatoms. The van der Waals surface area contributed by atoms with Crippen molar-refractivity contribution in [2.24, 2.45) is 0 Å². The summed E-state index contributed by atoms with van der Waals surface area (Å²) in [6.07, 6.45) is 6.33. The van der Waals surface area contributed by atoms with Crippen LogP contribution in [0.1, 0.15) is 33.7 Å². The Morgan fingerprint density at radius 3 is 3.14 bits per heavy atom. The van der Waals surface area contributed by atoms with Crippen LogP contribution in [0.15, 0.2) is 30.6 Å². The number of aromatic nitrogens is 2. The number of fused-ring (bicyclic) bond motifs is 1. The van der Waals surface area contributed by atoms with Crippen LogP contribution in [0.2, 0.25) is 0 Å². The quantitative estimate of drug-likeness (QED) is 0.727. The van der Waals surface area contributed by atoms with E-state index in [1.165, 1.54) is 11.1 Å². The van der Waals surface area contributed by atoms with Crippen LogP contribution in [0.5, 0.6) is 0 Å². The Morgan fingerprint density at radius 1 is 1.33 bits per heavy atom. The van der Waals surface area contributed by atoms with Crippen molar-refractivity contribution in [1.82, 2.24) is 20.6 Å². The minimum atomic E-state index is 0.00261. The topological polar surface area (TPSA) is 69.8 Å². The number of H-pyrrole nitrogens is 1. The maximum Gasteiger partial charge on any atom is 0.251 e. The van der Waals surface area contributed by atoms with Crippen LogP contribution in [0, 0.1) is 0 Å². The van der Waals surface area contributed by atoms with Gasteiger partial charge in [-0.15, -0.1) is 0 Å². The fraction of sp³-hybridized carbons (Fsp3) is 0.375. The Labute approximate surface area is 124 Å². The number of aromatic amines is 1. The van der Waals surface area contributed by atoms with Crippen LogP contribution >= 0.6 is 0 Å². The number of aryl methyl sites for hydroxylation is 1. The number of amides is 1. The first-order chi connectivity index (χ1) is 10.3. The van der Waals surface area contributed by atoms with Gasteiger partial charge in [-0.25, -0.2) is 4.98 Å². The molecule has 1 aromatic carbocycles. The van der Waals surface area contributed by atoms with Gasteiger partial charge in [0.15, 0.2) is 0 Å². The summed E-state index contributed by atoms with van der Waals surface area (Å²) >= 11 is 0. The number of imidazole rings is 1. The van der Waals surface area contributed by atoms with E-state index < -0.39 is 0 Å². The Bertz CT molecular complexity index is 607. The lowest BCUT2D eigenvalue weighted by molar-refractivity contribution is 0.0953. The summed E-state index contributed by atoms with van der Waals surface area (Å²) in [6, 6.07) is 6.00. The second kappa shape index (κ2) is 6.54. The molecule has 110 valence electrons. The van der Waals surface area contributed by atoms with Gasteiger partial charge in [-0.05, 0) is 42.6 Å². The fourth-order valence-corrected chi connectivity index (χ4v) is 2.62. The lowest BCUT2D eigenvalue weighted by Crippen LogP contribution is -2.27. The molecule has 0 fully saturated rings. The third kappa shape index (κ3) is 3.49. The smallest absolute Gasteiger partial charge is 0.251 e. The average Bonchev–Trinajstić information content (AvgIpc) is 3.04. The minimum absolute atomic E-state index is 0.00261. The van der Waals surface area contributed by atoms with Crippen LogP contribution in [0.25, 0.3) is 0 Å². The molecule has 1 aromatic heterocycles. The fourth-order valence-electron chi connectivity index (χ4n) is 2.62.